The van der Waals surface area contributed by atoms with Gasteiger partial charge in [-0.05, 0) is 35.7 Å². The molecule has 0 saturated heterocycles. The van der Waals surface area contributed by atoms with Gasteiger partial charge >= 0.3 is 0 Å². The summed E-state index contributed by atoms with van der Waals surface area (Å²) in [4.78, 5) is 12.9. The molecule has 2 nitrogen and oxygen atoms in total. The molecule has 0 bridgehead atoms. The van der Waals surface area contributed by atoms with Crippen molar-refractivity contribution in [2.45, 2.75) is 24.7 Å². The van der Waals surface area contributed by atoms with Crippen molar-refractivity contribution in [3.63, 3.8) is 0 Å². The minimum Gasteiger partial charge on any atom is -0.461 e. The second-order valence-corrected chi connectivity index (χ2v) is 5.46. The normalized spacial score (nSPS) is 10.8. The van der Waals surface area contributed by atoms with E-state index in [1.165, 1.54) is 23.6 Å². The minimum atomic E-state index is 0.0259. The molecule has 1 heterocycles. The topological polar surface area (TPSA) is 30.2 Å². The summed E-state index contributed by atoms with van der Waals surface area (Å²) in [6.07, 6.45) is 1.52. The third-order valence-electron chi connectivity index (χ3n) is 2.71. The fraction of sp³-hybridized carbons (Fsp3) is 0.267. The van der Waals surface area contributed by atoms with Crippen molar-refractivity contribution >= 4 is 17.5 Å². The van der Waals surface area contributed by atoms with E-state index in [1.807, 2.05) is 0 Å². The smallest absolute Gasteiger partial charge is 0.208 e. The van der Waals surface area contributed by atoms with E-state index in [4.69, 9.17) is 4.42 Å². The maximum absolute atomic E-state index is 11.7. The Bertz CT molecular complexity index is 498. The molecule has 0 aliphatic rings. The fourth-order valence-electron chi connectivity index (χ4n) is 1.61. The Morgan fingerprint density at radius 3 is 2.50 bits per heavy atom. The van der Waals surface area contributed by atoms with E-state index in [-0.39, 0.29) is 5.78 Å². The summed E-state index contributed by atoms with van der Waals surface area (Å²) in [7, 11) is 0. The van der Waals surface area contributed by atoms with Gasteiger partial charge in [-0.2, -0.15) is 0 Å². The second kappa shape index (κ2) is 5.91. The highest BCUT2D eigenvalue weighted by molar-refractivity contribution is 8.00. The molecule has 2 rings (SSSR count). The Morgan fingerprint density at radius 1 is 1.22 bits per heavy atom. The largest absolute Gasteiger partial charge is 0.461 e. The van der Waals surface area contributed by atoms with Gasteiger partial charge in [0.1, 0.15) is 0 Å². The van der Waals surface area contributed by atoms with E-state index < -0.39 is 0 Å². The standard InChI is InChI=1S/C15H16O2S/c1-11(2)12-5-7-13(8-6-12)18-10-14(16)15-4-3-9-17-15/h3-9,11H,10H2,1-2H3. The van der Waals surface area contributed by atoms with Crippen molar-refractivity contribution in [2.24, 2.45) is 0 Å². The highest BCUT2D eigenvalue weighted by Crippen LogP contribution is 2.22. The first-order valence-electron chi connectivity index (χ1n) is 5.96. The van der Waals surface area contributed by atoms with Crippen LogP contribution >= 0.6 is 11.8 Å². The molecule has 1 aromatic heterocycles. The van der Waals surface area contributed by atoms with Crippen LogP contribution in [0.25, 0.3) is 0 Å². The van der Waals surface area contributed by atoms with Gasteiger partial charge < -0.3 is 4.42 Å². The van der Waals surface area contributed by atoms with Crippen LogP contribution in [0.15, 0.2) is 52.0 Å². The first-order valence-corrected chi connectivity index (χ1v) is 6.95. The number of furan rings is 1. The molecule has 0 atom stereocenters. The maximum Gasteiger partial charge on any atom is 0.208 e. The number of hydrogen-bond donors (Lipinski definition) is 0. The van der Waals surface area contributed by atoms with Crippen LogP contribution in [0.1, 0.15) is 35.9 Å². The molecule has 0 radical (unpaired) electrons. The number of benzene rings is 1. The van der Waals surface area contributed by atoms with Gasteiger partial charge in [0, 0.05) is 4.90 Å². The quantitative estimate of drug-likeness (QED) is 0.590. The summed E-state index contributed by atoms with van der Waals surface area (Å²) < 4.78 is 5.07. The summed E-state index contributed by atoms with van der Waals surface area (Å²) in [6.45, 7) is 4.34. The molecule has 1 aromatic carbocycles. The van der Waals surface area contributed by atoms with Gasteiger partial charge in [-0.1, -0.05) is 26.0 Å². The Kier molecular flexibility index (Phi) is 4.26. The molecule has 0 spiro atoms. The van der Waals surface area contributed by atoms with Gasteiger partial charge in [-0.15, -0.1) is 11.8 Å². The van der Waals surface area contributed by atoms with Crippen LogP contribution in [0.4, 0.5) is 0 Å². The lowest BCUT2D eigenvalue weighted by molar-refractivity contribution is 0.0992. The minimum absolute atomic E-state index is 0.0259. The van der Waals surface area contributed by atoms with Gasteiger partial charge in [-0.25, -0.2) is 0 Å². The third kappa shape index (κ3) is 3.26. The molecule has 0 aliphatic heterocycles. The van der Waals surface area contributed by atoms with E-state index in [9.17, 15) is 4.79 Å². The molecule has 0 saturated carbocycles. The van der Waals surface area contributed by atoms with Crippen LogP contribution in [0.2, 0.25) is 0 Å². The summed E-state index contributed by atoms with van der Waals surface area (Å²) in [5, 5.41) is 0. The molecular formula is C15H16O2S. The number of thioether (sulfide) groups is 1. The zero-order chi connectivity index (χ0) is 13.0. The molecule has 0 aliphatic carbocycles. The molecule has 0 amide bonds. The molecule has 94 valence electrons. The predicted octanol–water partition coefficient (Wildman–Crippen LogP) is 4.38. The van der Waals surface area contributed by atoms with Gasteiger partial charge in [0.25, 0.3) is 0 Å². The fourth-order valence-corrected chi connectivity index (χ4v) is 2.37. The highest BCUT2D eigenvalue weighted by Gasteiger charge is 2.09. The van der Waals surface area contributed by atoms with Crippen molar-refractivity contribution in [1.29, 1.82) is 0 Å². The van der Waals surface area contributed by atoms with Gasteiger partial charge in [0.05, 0.1) is 12.0 Å². The Hall–Kier alpha value is -1.48. The van der Waals surface area contributed by atoms with E-state index in [1.54, 1.807) is 12.1 Å². The maximum atomic E-state index is 11.7. The van der Waals surface area contributed by atoms with E-state index in [0.29, 0.717) is 17.4 Å². The first kappa shape index (κ1) is 13.0. The number of hydrogen-bond acceptors (Lipinski definition) is 3. The summed E-state index contributed by atoms with van der Waals surface area (Å²) in [5.41, 5.74) is 1.32. The van der Waals surface area contributed by atoms with Gasteiger partial charge in [-0.3, -0.25) is 4.79 Å². The number of rotatable bonds is 5. The van der Waals surface area contributed by atoms with Crippen LogP contribution in [-0.2, 0) is 0 Å². The third-order valence-corrected chi connectivity index (χ3v) is 3.72. The Labute approximate surface area is 111 Å². The number of carbonyl (C=O) groups is 1. The van der Waals surface area contributed by atoms with Crippen LogP contribution in [0, 0.1) is 0 Å². The van der Waals surface area contributed by atoms with Crippen molar-refractivity contribution in [1.82, 2.24) is 0 Å². The SMILES string of the molecule is CC(C)c1ccc(SCC(=O)c2ccco2)cc1. The zero-order valence-electron chi connectivity index (χ0n) is 10.6. The first-order chi connectivity index (χ1) is 8.66. The molecule has 3 heteroatoms. The Balaban J connectivity index is 1.92. The number of ketones is 1. The number of Topliss-reactive ketones (excluding diaryl/α,β-unsaturated/α-hetero) is 1. The predicted molar refractivity (Wildman–Crippen MR) is 74.3 cm³/mol. The average molecular weight is 260 g/mol. The average Bonchev–Trinajstić information content (AvgIpc) is 2.90. The molecule has 18 heavy (non-hydrogen) atoms. The lowest BCUT2D eigenvalue weighted by atomic mass is 10.0. The van der Waals surface area contributed by atoms with Crippen LogP contribution < -0.4 is 0 Å². The lowest BCUT2D eigenvalue weighted by Crippen LogP contribution is -2.00. The van der Waals surface area contributed by atoms with E-state index in [0.717, 1.165) is 4.90 Å². The van der Waals surface area contributed by atoms with Crippen LogP contribution in [-0.4, -0.2) is 11.5 Å². The van der Waals surface area contributed by atoms with E-state index in [2.05, 4.69) is 38.1 Å². The number of carbonyl (C=O) groups excluding carboxylic acids is 1. The van der Waals surface area contributed by atoms with Gasteiger partial charge in [0.15, 0.2) is 5.76 Å². The molecular weight excluding hydrogens is 244 g/mol. The molecule has 0 N–H and O–H groups in total. The highest BCUT2D eigenvalue weighted by atomic mass is 32.2. The molecule has 0 unspecified atom stereocenters. The van der Waals surface area contributed by atoms with E-state index >= 15 is 0 Å². The summed E-state index contributed by atoms with van der Waals surface area (Å²) in [6, 6.07) is 11.8. The van der Waals surface area contributed by atoms with Crippen LogP contribution in [0.3, 0.4) is 0 Å². The monoisotopic (exact) mass is 260 g/mol. The zero-order valence-corrected chi connectivity index (χ0v) is 11.4. The summed E-state index contributed by atoms with van der Waals surface area (Å²) in [5.74, 6) is 1.40. The Morgan fingerprint density at radius 2 is 1.94 bits per heavy atom. The molecule has 2 aromatic rings. The second-order valence-electron chi connectivity index (χ2n) is 4.41. The molecule has 0 fully saturated rings. The van der Waals surface area contributed by atoms with Crippen molar-refractivity contribution < 1.29 is 9.21 Å². The van der Waals surface area contributed by atoms with Crippen molar-refractivity contribution in [3.05, 3.63) is 54.0 Å². The van der Waals surface area contributed by atoms with Gasteiger partial charge in [0.2, 0.25) is 5.78 Å². The summed E-state index contributed by atoms with van der Waals surface area (Å²) >= 11 is 1.54. The lowest BCUT2D eigenvalue weighted by Gasteiger charge is -2.06. The van der Waals surface area contributed by atoms with Crippen molar-refractivity contribution in [3.8, 4) is 0 Å². The van der Waals surface area contributed by atoms with Crippen molar-refractivity contribution in [2.75, 3.05) is 5.75 Å². The van der Waals surface area contributed by atoms with Crippen LogP contribution in [0.5, 0.6) is 0 Å².